The summed E-state index contributed by atoms with van der Waals surface area (Å²) in [5, 5.41) is 5.18. The topological polar surface area (TPSA) is 66.9 Å². The number of hydrogen-bond donors (Lipinski definition) is 2. The minimum Gasteiger partial charge on any atom is -0.308 e. The van der Waals surface area contributed by atoms with Gasteiger partial charge in [0.15, 0.2) is 0 Å². The summed E-state index contributed by atoms with van der Waals surface area (Å²) in [6.07, 6.45) is 3.12. The zero-order valence-electron chi connectivity index (χ0n) is 8.42. The number of hydrogen-bond acceptors (Lipinski definition) is 3. The van der Waals surface area contributed by atoms with Crippen LogP contribution in [0.3, 0.4) is 0 Å². The Morgan fingerprint density at radius 2 is 1.62 bits per heavy atom. The average Bonchev–Trinajstić information content (AvgIpc) is 2.31. The van der Waals surface area contributed by atoms with Crippen LogP contribution in [-0.2, 0) is 0 Å². The molecule has 2 N–H and O–H groups in total. The zero-order chi connectivity index (χ0) is 11.2. The molecule has 2 amide bonds. The van der Waals surface area contributed by atoms with Crippen LogP contribution in [0.5, 0.6) is 0 Å². The van der Waals surface area contributed by atoms with E-state index < -0.39 is 0 Å². The van der Waals surface area contributed by atoms with Crippen LogP contribution in [0.15, 0.2) is 48.8 Å². The van der Waals surface area contributed by atoms with E-state index in [9.17, 15) is 4.79 Å². The highest BCUT2D eigenvalue weighted by Crippen LogP contribution is 2.05. The van der Waals surface area contributed by atoms with Crippen LogP contribution in [0, 0.1) is 0 Å². The number of carbonyl (C=O) groups is 1. The second-order valence-corrected chi connectivity index (χ2v) is 3.02. The molecule has 0 bridgehead atoms. The van der Waals surface area contributed by atoms with Crippen molar-refractivity contribution in [2.45, 2.75) is 0 Å². The minimum atomic E-state index is -0.364. The monoisotopic (exact) mass is 214 g/mol. The Labute approximate surface area is 92.6 Å². The number of carbonyl (C=O) groups excluding carboxylic acids is 1. The first-order valence-electron chi connectivity index (χ1n) is 4.75. The number of para-hydroxylation sites is 1. The van der Waals surface area contributed by atoms with Crippen molar-refractivity contribution in [3.63, 3.8) is 0 Å². The average molecular weight is 214 g/mol. The van der Waals surface area contributed by atoms with Crippen molar-refractivity contribution in [1.82, 2.24) is 9.97 Å². The Bertz CT molecular complexity index is 414. The lowest BCUT2D eigenvalue weighted by atomic mass is 10.3. The van der Waals surface area contributed by atoms with Crippen LogP contribution in [0.25, 0.3) is 0 Å². The summed E-state index contributed by atoms with van der Waals surface area (Å²) in [5.41, 5.74) is 0.718. The summed E-state index contributed by atoms with van der Waals surface area (Å²) in [4.78, 5) is 19.2. The number of nitrogens with zero attached hydrogens (tertiary/aromatic N) is 2. The number of urea groups is 1. The van der Waals surface area contributed by atoms with Gasteiger partial charge in [-0.3, -0.25) is 5.32 Å². The third kappa shape index (κ3) is 2.78. The van der Waals surface area contributed by atoms with Crippen molar-refractivity contribution in [2.75, 3.05) is 10.6 Å². The maximum absolute atomic E-state index is 11.5. The molecule has 5 heteroatoms. The predicted molar refractivity (Wildman–Crippen MR) is 61.1 cm³/mol. The van der Waals surface area contributed by atoms with Crippen molar-refractivity contribution in [3.05, 3.63) is 48.8 Å². The van der Waals surface area contributed by atoms with Gasteiger partial charge in [-0.05, 0) is 18.2 Å². The van der Waals surface area contributed by atoms with Crippen LogP contribution in [-0.4, -0.2) is 16.0 Å². The molecule has 1 aromatic heterocycles. The minimum absolute atomic E-state index is 0.274. The van der Waals surface area contributed by atoms with Crippen LogP contribution >= 0.6 is 0 Å². The SMILES string of the molecule is O=C(Nc1ccccc1)Nc1ncccn1. The fraction of sp³-hybridized carbons (Fsp3) is 0. The fourth-order valence-corrected chi connectivity index (χ4v) is 1.15. The summed E-state index contributed by atoms with van der Waals surface area (Å²) < 4.78 is 0. The summed E-state index contributed by atoms with van der Waals surface area (Å²) in [7, 11) is 0. The number of amides is 2. The molecule has 16 heavy (non-hydrogen) atoms. The first-order chi connectivity index (χ1) is 7.84. The normalized spacial score (nSPS) is 9.50. The molecular formula is C11H10N4O. The van der Waals surface area contributed by atoms with Crippen LogP contribution in [0.2, 0.25) is 0 Å². The lowest BCUT2D eigenvalue weighted by molar-refractivity contribution is 0.262. The molecule has 1 heterocycles. The molecule has 2 rings (SSSR count). The van der Waals surface area contributed by atoms with Crippen molar-refractivity contribution >= 4 is 17.7 Å². The third-order valence-corrected chi connectivity index (χ3v) is 1.82. The molecular weight excluding hydrogens is 204 g/mol. The Hall–Kier alpha value is -2.43. The van der Waals surface area contributed by atoms with Crippen molar-refractivity contribution in [2.24, 2.45) is 0 Å². The predicted octanol–water partition coefficient (Wildman–Crippen LogP) is 2.12. The van der Waals surface area contributed by atoms with E-state index in [-0.39, 0.29) is 12.0 Å². The molecule has 0 spiro atoms. The van der Waals surface area contributed by atoms with Gasteiger partial charge in [0.25, 0.3) is 0 Å². The molecule has 0 aliphatic heterocycles. The lowest BCUT2D eigenvalue weighted by Gasteiger charge is -2.05. The van der Waals surface area contributed by atoms with Gasteiger partial charge in [-0.15, -0.1) is 0 Å². The number of nitrogens with one attached hydrogen (secondary N) is 2. The number of aromatic nitrogens is 2. The van der Waals surface area contributed by atoms with E-state index in [0.29, 0.717) is 0 Å². The van der Waals surface area contributed by atoms with E-state index in [0.717, 1.165) is 5.69 Å². The molecule has 0 unspecified atom stereocenters. The van der Waals surface area contributed by atoms with Crippen molar-refractivity contribution in [1.29, 1.82) is 0 Å². The smallest absolute Gasteiger partial charge is 0.308 e. The van der Waals surface area contributed by atoms with Crippen LogP contribution < -0.4 is 10.6 Å². The summed E-state index contributed by atoms with van der Waals surface area (Å²) in [6.45, 7) is 0. The van der Waals surface area contributed by atoms with Crippen molar-refractivity contribution in [3.8, 4) is 0 Å². The highest BCUT2D eigenvalue weighted by Gasteiger charge is 2.02. The highest BCUT2D eigenvalue weighted by atomic mass is 16.2. The molecule has 0 radical (unpaired) electrons. The number of rotatable bonds is 2. The van der Waals surface area contributed by atoms with Gasteiger partial charge in [-0.1, -0.05) is 18.2 Å². The molecule has 0 atom stereocenters. The molecule has 80 valence electrons. The first-order valence-corrected chi connectivity index (χ1v) is 4.75. The maximum atomic E-state index is 11.5. The summed E-state index contributed by atoms with van der Waals surface area (Å²) in [6, 6.07) is 10.5. The molecule has 0 saturated carbocycles. The summed E-state index contributed by atoms with van der Waals surface area (Å²) in [5.74, 6) is 0.274. The van der Waals surface area contributed by atoms with Gasteiger partial charge in [-0.2, -0.15) is 0 Å². The third-order valence-electron chi connectivity index (χ3n) is 1.82. The lowest BCUT2D eigenvalue weighted by Crippen LogP contribution is -2.20. The van der Waals surface area contributed by atoms with Crippen molar-refractivity contribution < 1.29 is 4.79 Å². The Balaban J connectivity index is 1.95. The number of anilines is 2. The zero-order valence-corrected chi connectivity index (χ0v) is 8.42. The molecule has 0 aliphatic carbocycles. The van der Waals surface area contributed by atoms with E-state index in [2.05, 4.69) is 20.6 Å². The Kier molecular flexibility index (Phi) is 3.08. The summed E-state index contributed by atoms with van der Waals surface area (Å²) >= 11 is 0. The second-order valence-electron chi connectivity index (χ2n) is 3.02. The molecule has 1 aromatic carbocycles. The fourth-order valence-electron chi connectivity index (χ4n) is 1.15. The highest BCUT2D eigenvalue weighted by molar-refractivity contribution is 5.98. The Morgan fingerprint density at radius 1 is 0.938 bits per heavy atom. The van der Waals surface area contributed by atoms with Gasteiger partial charge in [-0.25, -0.2) is 14.8 Å². The van der Waals surface area contributed by atoms with E-state index in [1.807, 2.05) is 18.2 Å². The molecule has 2 aromatic rings. The van der Waals surface area contributed by atoms with E-state index in [4.69, 9.17) is 0 Å². The maximum Gasteiger partial charge on any atom is 0.326 e. The van der Waals surface area contributed by atoms with Gasteiger partial charge in [0.1, 0.15) is 0 Å². The van der Waals surface area contributed by atoms with E-state index in [1.165, 1.54) is 0 Å². The molecule has 0 aliphatic rings. The number of benzene rings is 1. The molecule has 0 fully saturated rings. The van der Waals surface area contributed by atoms with Gasteiger partial charge >= 0.3 is 6.03 Å². The van der Waals surface area contributed by atoms with Gasteiger partial charge < -0.3 is 5.32 Å². The standard InChI is InChI=1S/C11H10N4O/c16-11(14-9-5-2-1-3-6-9)15-10-12-7-4-8-13-10/h1-8H,(H2,12,13,14,15,16). The van der Waals surface area contributed by atoms with E-state index in [1.54, 1.807) is 30.6 Å². The van der Waals surface area contributed by atoms with Gasteiger partial charge in [0, 0.05) is 18.1 Å². The quantitative estimate of drug-likeness (QED) is 0.804. The van der Waals surface area contributed by atoms with Crippen LogP contribution in [0.1, 0.15) is 0 Å². The molecule has 5 nitrogen and oxygen atoms in total. The first kappa shape index (κ1) is 10.1. The van der Waals surface area contributed by atoms with Gasteiger partial charge in [0.05, 0.1) is 0 Å². The largest absolute Gasteiger partial charge is 0.326 e. The second kappa shape index (κ2) is 4.88. The molecule has 0 saturated heterocycles. The van der Waals surface area contributed by atoms with Crippen LogP contribution in [0.4, 0.5) is 16.4 Å². The Morgan fingerprint density at radius 3 is 2.31 bits per heavy atom. The van der Waals surface area contributed by atoms with Gasteiger partial charge in [0.2, 0.25) is 5.95 Å². The van der Waals surface area contributed by atoms with E-state index >= 15 is 0 Å².